The highest BCUT2D eigenvalue weighted by atomic mass is 16.5. The molecule has 1 aromatic heterocycles. The lowest BCUT2D eigenvalue weighted by atomic mass is 9.99. The van der Waals surface area contributed by atoms with E-state index in [1.54, 1.807) is 0 Å². The number of likely N-dealkylation sites (tertiary alicyclic amines) is 1. The molecule has 2 saturated heterocycles. The summed E-state index contributed by atoms with van der Waals surface area (Å²) in [5.74, 6) is 1.11. The second kappa shape index (κ2) is 5.86. The molecular weight excluding hydrogens is 274 g/mol. The van der Waals surface area contributed by atoms with Crippen LogP contribution >= 0.6 is 0 Å². The predicted octanol–water partition coefficient (Wildman–Crippen LogP) is 2.89. The van der Waals surface area contributed by atoms with Crippen molar-refractivity contribution in [2.75, 3.05) is 26.3 Å². The predicted molar refractivity (Wildman–Crippen MR) is 86.9 cm³/mol. The zero-order valence-electron chi connectivity index (χ0n) is 13.1. The van der Waals surface area contributed by atoms with Gasteiger partial charge in [-0.2, -0.15) is 0 Å². The van der Waals surface area contributed by atoms with Gasteiger partial charge in [0, 0.05) is 49.8 Å². The Hall–Kier alpha value is -1.65. The van der Waals surface area contributed by atoms with Gasteiger partial charge in [0.2, 0.25) is 0 Å². The first-order valence-corrected chi connectivity index (χ1v) is 8.24. The highest BCUT2D eigenvalue weighted by molar-refractivity contribution is 5.56. The lowest BCUT2D eigenvalue weighted by molar-refractivity contribution is -0.0113. The molecule has 4 rings (SSSR count). The zero-order chi connectivity index (χ0) is 14.9. The molecule has 0 spiro atoms. The Morgan fingerprint density at radius 3 is 2.50 bits per heavy atom. The van der Waals surface area contributed by atoms with Gasteiger partial charge in [-0.05, 0) is 19.8 Å². The van der Waals surface area contributed by atoms with Crippen LogP contribution in [0.3, 0.4) is 0 Å². The normalized spacial score (nSPS) is 21.0. The van der Waals surface area contributed by atoms with E-state index in [0.717, 1.165) is 32.1 Å². The Bertz CT molecular complexity index is 625. The molecule has 2 fully saturated rings. The van der Waals surface area contributed by atoms with E-state index in [0.29, 0.717) is 12.1 Å². The molecule has 22 heavy (non-hydrogen) atoms. The minimum absolute atomic E-state index is 0.556. The van der Waals surface area contributed by atoms with E-state index in [2.05, 4.69) is 51.7 Å². The maximum absolute atomic E-state index is 5.47. The van der Waals surface area contributed by atoms with Crippen molar-refractivity contribution in [3.63, 3.8) is 0 Å². The summed E-state index contributed by atoms with van der Waals surface area (Å²) in [6.07, 6.45) is 4.36. The molecular formula is C18H23N3O. The van der Waals surface area contributed by atoms with Gasteiger partial charge in [-0.15, -0.1) is 0 Å². The van der Waals surface area contributed by atoms with Crippen molar-refractivity contribution < 1.29 is 4.74 Å². The second-order valence-corrected chi connectivity index (χ2v) is 6.41. The quantitative estimate of drug-likeness (QED) is 0.872. The van der Waals surface area contributed by atoms with Crippen LogP contribution < -0.4 is 0 Å². The first-order valence-electron chi connectivity index (χ1n) is 8.24. The summed E-state index contributed by atoms with van der Waals surface area (Å²) >= 11 is 0. The standard InChI is InChI=1S/C18H23N3O/c1-14-11-19-18(15-5-3-2-4-6-15)21(14)17-12-20(13-17)16-7-9-22-10-8-16/h2-6,11,16-17H,7-10,12-13H2,1H3. The Morgan fingerprint density at radius 2 is 1.77 bits per heavy atom. The maximum atomic E-state index is 5.47. The smallest absolute Gasteiger partial charge is 0.140 e. The minimum Gasteiger partial charge on any atom is -0.381 e. The number of hydrogen-bond donors (Lipinski definition) is 0. The van der Waals surface area contributed by atoms with E-state index < -0.39 is 0 Å². The average Bonchev–Trinajstić information content (AvgIpc) is 2.90. The highest BCUT2D eigenvalue weighted by Gasteiger charge is 2.35. The fraction of sp³-hybridized carbons (Fsp3) is 0.500. The summed E-state index contributed by atoms with van der Waals surface area (Å²) in [6.45, 7) is 6.29. The molecule has 2 aliphatic heterocycles. The molecule has 0 saturated carbocycles. The molecule has 0 bridgehead atoms. The number of nitrogens with zero attached hydrogens (tertiary/aromatic N) is 3. The fourth-order valence-corrected chi connectivity index (χ4v) is 3.71. The van der Waals surface area contributed by atoms with Crippen LogP contribution in [0.15, 0.2) is 36.5 Å². The lowest BCUT2D eigenvalue weighted by Gasteiger charge is -2.46. The Kier molecular flexibility index (Phi) is 3.72. The molecule has 116 valence electrons. The summed E-state index contributed by atoms with van der Waals surface area (Å²) in [4.78, 5) is 7.26. The van der Waals surface area contributed by atoms with E-state index in [1.165, 1.54) is 24.1 Å². The third-order valence-electron chi connectivity index (χ3n) is 4.98. The van der Waals surface area contributed by atoms with Crippen LogP contribution in [0.1, 0.15) is 24.6 Å². The van der Waals surface area contributed by atoms with Gasteiger partial charge in [-0.3, -0.25) is 4.90 Å². The van der Waals surface area contributed by atoms with Gasteiger partial charge in [-0.25, -0.2) is 4.98 Å². The number of aromatic nitrogens is 2. The highest BCUT2D eigenvalue weighted by Crippen LogP contribution is 2.32. The van der Waals surface area contributed by atoms with Crippen LogP contribution in [0.25, 0.3) is 11.4 Å². The molecule has 0 aliphatic carbocycles. The van der Waals surface area contributed by atoms with Crippen LogP contribution in [0.5, 0.6) is 0 Å². The third-order valence-corrected chi connectivity index (χ3v) is 4.98. The number of ether oxygens (including phenoxy) is 1. The van der Waals surface area contributed by atoms with E-state index in [1.807, 2.05) is 6.20 Å². The van der Waals surface area contributed by atoms with E-state index in [9.17, 15) is 0 Å². The van der Waals surface area contributed by atoms with Gasteiger partial charge in [-0.1, -0.05) is 30.3 Å². The topological polar surface area (TPSA) is 30.3 Å². The first-order chi connectivity index (χ1) is 10.8. The zero-order valence-corrected chi connectivity index (χ0v) is 13.1. The summed E-state index contributed by atoms with van der Waals surface area (Å²) in [7, 11) is 0. The molecule has 1 aromatic carbocycles. The molecule has 4 heteroatoms. The molecule has 0 amide bonds. The third kappa shape index (κ3) is 2.46. The maximum Gasteiger partial charge on any atom is 0.140 e. The van der Waals surface area contributed by atoms with Gasteiger partial charge in [0.05, 0.1) is 6.04 Å². The first kappa shape index (κ1) is 14.0. The van der Waals surface area contributed by atoms with Gasteiger partial charge in [0.15, 0.2) is 0 Å². The SMILES string of the molecule is Cc1cnc(-c2ccccc2)n1C1CN(C2CCOCC2)C1. The van der Waals surface area contributed by atoms with Crippen LogP contribution in [-0.4, -0.2) is 46.8 Å². The van der Waals surface area contributed by atoms with Crippen LogP contribution in [0.4, 0.5) is 0 Å². The molecule has 0 unspecified atom stereocenters. The molecule has 0 radical (unpaired) electrons. The molecule has 0 atom stereocenters. The van der Waals surface area contributed by atoms with Crippen molar-refractivity contribution in [3.8, 4) is 11.4 Å². The van der Waals surface area contributed by atoms with Crippen molar-refractivity contribution in [2.45, 2.75) is 31.8 Å². The summed E-state index contributed by atoms with van der Waals surface area (Å²) in [6, 6.07) is 11.8. The molecule has 4 nitrogen and oxygen atoms in total. The average molecular weight is 297 g/mol. The van der Waals surface area contributed by atoms with Gasteiger partial charge >= 0.3 is 0 Å². The van der Waals surface area contributed by atoms with Crippen molar-refractivity contribution in [2.24, 2.45) is 0 Å². The number of hydrogen-bond acceptors (Lipinski definition) is 3. The minimum atomic E-state index is 0.556. The number of benzene rings is 1. The van der Waals surface area contributed by atoms with Crippen LogP contribution in [0.2, 0.25) is 0 Å². The molecule has 2 aliphatic rings. The summed E-state index contributed by atoms with van der Waals surface area (Å²) in [5.41, 5.74) is 2.47. The Labute approximate surface area is 131 Å². The Balaban J connectivity index is 1.51. The van der Waals surface area contributed by atoms with Gasteiger partial charge < -0.3 is 9.30 Å². The van der Waals surface area contributed by atoms with Gasteiger partial charge in [0.25, 0.3) is 0 Å². The van der Waals surface area contributed by atoms with E-state index in [4.69, 9.17) is 4.74 Å². The van der Waals surface area contributed by atoms with Crippen LogP contribution in [0, 0.1) is 6.92 Å². The monoisotopic (exact) mass is 297 g/mol. The largest absolute Gasteiger partial charge is 0.381 e. The van der Waals surface area contributed by atoms with Crippen molar-refractivity contribution in [1.82, 2.24) is 14.5 Å². The van der Waals surface area contributed by atoms with Crippen molar-refractivity contribution >= 4 is 0 Å². The van der Waals surface area contributed by atoms with Crippen LogP contribution in [-0.2, 0) is 4.74 Å². The van der Waals surface area contributed by atoms with Crippen molar-refractivity contribution in [1.29, 1.82) is 0 Å². The second-order valence-electron chi connectivity index (χ2n) is 6.41. The number of aryl methyl sites for hydroxylation is 1. The van der Waals surface area contributed by atoms with Crippen molar-refractivity contribution in [3.05, 3.63) is 42.2 Å². The summed E-state index contributed by atoms with van der Waals surface area (Å²) < 4.78 is 7.89. The van der Waals surface area contributed by atoms with Gasteiger partial charge in [0.1, 0.15) is 5.82 Å². The molecule has 2 aromatic rings. The van der Waals surface area contributed by atoms with E-state index >= 15 is 0 Å². The number of rotatable bonds is 3. The van der Waals surface area contributed by atoms with E-state index in [-0.39, 0.29) is 0 Å². The summed E-state index contributed by atoms with van der Waals surface area (Å²) in [5, 5.41) is 0. The number of imidazole rings is 1. The Morgan fingerprint density at radius 1 is 1.05 bits per heavy atom. The lowest BCUT2D eigenvalue weighted by Crippen LogP contribution is -2.54. The fourth-order valence-electron chi connectivity index (χ4n) is 3.71. The molecule has 0 N–H and O–H groups in total. The molecule has 3 heterocycles.